The smallest absolute Gasteiger partial charge is 0.416 e. The molecule has 10 nitrogen and oxygen atoms in total. The third kappa shape index (κ3) is 6.70. The van der Waals surface area contributed by atoms with Gasteiger partial charge >= 0.3 is 18.2 Å². The van der Waals surface area contributed by atoms with E-state index < -0.39 is 52.7 Å². The first-order valence-corrected chi connectivity index (χ1v) is 15.5. The van der Waals surface area contributed by atoms with Crippen molar-refractivity contribution in [2.45, 2.75) is 90.2 Å². The zero-order valence-corrected chi connectivity index (χ0v) is 27.6. The molecule has 0 radical (unpaired) electrons. The predicted octanol–water partition coefficient (Wildman–Crippen LogP) is 6.62. The highest BCUT2D eigenvalue weighted by molar-refractivity contribution is 6.10. The largest absolute Gasteiger partial charge is 0.469 e. The van der Waals surface area contributed by atoms with Gasteiger partial charge in [0.05, 0.1) is 31.1 Å². The molecule has 1 aliphatic carbocycles. The molecule has 0 saturated heterocycles. The highest BCUT2D eigenvalue weighted by Gasteiger charge is 2.44. The van der Waals surface area contributed by atoms with Crippen LogP contribution in [0.3, 0.4) is 0 Å². The molecule has 2 aromatic carbocycles. The summed E-state index contributed by atoms with van der Waals surface area (Å²) >= 11 is 0. The summed E-state index contributed by atoms with van der Waals surface area (Å²) in [6.07, 6.45) is -1.59. The minimum atomic E-state index is -4.75. The van der Waals surface area contributed by atoms with Crippen LogP contribution in [0.25, 0.3) is 0 Å². The van der Waals surface area contributed by atoms with Crippen LogP contribution < -0.4 is 4.90 Å². The number of amides is 2. The van der Waals surface area contributed by atoms with E-state index in [-0.39, 0.29) is 29.8 Å². The lowest BCUT2D eigenvalue weighted by Gasteiger charge is -2.47. The van der Waals surface area contributed by atoms with Gasteiger partial charge in [0.15, 0.2) is 0 Å². The maximum atomic E-state index is 14.6. The Bertz CT molecular complexity index is 1690. The van der Waals surface area contributed by atoms with Crippen molar-refractivity contribution in [1.29, 1.82) is 0 Å². The number of benzene rings is 2. The standard InChI is InChI=1S/C34H40F3N5O5/c1-20(30(44)46-7)27(28-39-38-19-40(28)6)22-10-8-11-23(16-22)41-18-25-24(29(41)43)14-21(15-26(25)34(35,36)37)17-42(33(5)12-9-13-33)31(45)47-32(2,3)4/h8,10-11,14-16,19-20,27H,9,12-13,17-18H2,1-7H3. The molecule has 2 amide bonds. The van der Waals surface area contributed by atoms with Gasteiger partial charge in [0.1, 0.15) is 17.8 Å². The minimum Gasteiger partial charge on any atom is -0.469 e. The summed E-state index contributed by atoms with van der Waals surface area (Å²) in [4.78, 5) is 42.6. The molecule has 3 aromatic rings. The van der Waals surface area contributed by atoms with Crippen molar-refractivity contribution < 1.29 is 37.0 Å². The number of anilines is 1. The van der Waals surface area contributed by atoms with Gasteiger partial charge < -0.3 is 18.9 Å². The number of hydrogen-bond acceptors (Lipinski definition) is 7. The second kappa shape index (κ2) is 12.3. The molecule has 1 saturated carbocycles. The molecule has 1 aliphatic heterocycles. The Morgan fingerprint density at radius 3 is 2.38 bits per heavy atom. The fraction of sp³-hybridized carbons (Fsp3) is 0.500. The third-order valence-corrected chi connectivity index (χ3v) is 9.08. The molecule has 2 unspecified atom stereocenters. The van der Waals surface area contributed by atoms with Crippen molar-refractivity contribution in [2.24, 2.45) is 13.0 Å². The van der Waals surface area contributed by atoms with Gasteiger partial charge in [-0.25, -0.2) is 4.79 Å². The maximum Gasteiger partial charge on any atom is 0.416 e. The first-order chi connectivity index (χ1) is 21.9. The summed E-state index contributed by atoms with van der Waals surface area (Å²) < 4.78 is 56.0. The number of aryl methyl sites for hydroxylation is 1. The number of nitrogens with zero attached hydrogens (tertiary/aromatic N) is 5. The van der Waals surface area contributed by atoms with Gasteiger partial charge in [-0.2, -0.15) is 13.2 Å². The van der Waals surface area contributed by atoms with Crippen LogP contribution >= 0.6 is 0 Å². The van der Waals surface area contributed by atoms with E-state index >= 15 is 0 Å². The number of hydrogen-bond donors (Lipinski definition) is 0. The van der Waals surface area contributed by atoms with Crippen LogP contribution in [0.2, 0.25) is 0 Å². The predicted molar refractivity (Wildman–Crippen MR) is 166 cm³/mol. The monoisotopic (exact) mass is 655 g/mol. The lowest BCUT2D eigenvalue weighted by Crippen LogP contribution is -2.54. The van der Waals surface area contributed by atoms with Crippen LogP contribution in [0.4, 0.5) is 23.7 Å². The Balaban J connectivity index is 1.52. The number of ether oxygens (including phenoxy) is 2. The molecule has 0 spiro atoms. The number of aromatic nitrogens is 3. The third-order valence-electron chi connectivity index (χ3n) is 9.08. The number of carbonyl (C=O) groups is 3. The van der Waals surface area contributed by atoms with Crippen molar-refractivity contribution in [2.75, 3.05) is 12.0 Å². The summed E-state index contributed by atoms with van der Waals surface area (Å²) in [6, 6.07) is 9.26. The maximum absolute atomic E-state index is 14.6. The molecule has 0 N–H and O–H groups in total. The molecule has 1 aromatic heterocycles. The number of halogens is 3. The topological polar surface area (TPSA) is 107 Å². The van der Waals surface area contributed by atoms with Crippen molar-refractivity contribution in [1.82, 2.24) is 19.7 Å². The van der Waals surface area contributed by atoms with Crippen LogP contribution in [-0.2, 0) is 40.6 Å². The van der Waals surface area contributed by atoms with Crippen LogP contribution in [0.15, 0.2) is 42.7 Å². The van der Waals surface area contributed by atoms with Gasteiger partial charge in [0.25, 0.3) is 5.91 Å². The summed E-state index contributed by atoms with van der Waals surface area (Å²) in [7, 11) is 3.03. The number of esters is 1. The summed E-state index contributed by atoms with van der Waals surface area (Å²) in [5.74, 6) is -1.89. The number of carbonyl (C=O) groups excluding carboxylic acids is 3. The lowest BCUT2D eigenvalue weighted by atomic mass is 9.77. The van der Waals surface area contributed by atoms with Gasteiger partial charge in [-0.3, -0.25) is 14.5 Å². The van der Waals surface area contributed by atoms with Gasteiger partial charge in [-0.05, 0) is 87.9 Å². The summed E-state index contributed by atoms with van der Waals surface area (Å²) in [6.45, 7) is 8.34. The molecular weight excluding hydrogens is 615 g/mol. The molecule has 47 heavy (non-hydrogen) atoms. The van der Waals surface area contributed by atoms with Crippen LogP contribution in [0, 0.1) is 5.92 Å². The highest BCUT2D eigenvalue weighted by atomic mass is 19.4. The van der Waals surface area contributed by atoms with Crippen molar-refractivity contribution in [3.05, 3.63) is 76.4 Å². The molecule has 1 fully saturated rings. The highest BCUT2D eigenvalue weighted by Crippen LogP contribution is 2.43. The van der Waals surface area contributed by atoms with Crippen LogP contribution in [-0.4, -0.2) is 55.9 Å². The number of alkyl halides is 3. The van der Waals surface area contributed by atoms with Gasteiger partial charge in [-0.1, -0.05) is 19.1 Å². The van der Waals surface area contributed by atoms with E-state index in [4.69, 9.17) is 9.47 Å². The molecule has 2 heterocycles. The average Bonchev–Trinajstić information content (AvgIpc) is 3.55. The number of methoxy groups -OCH3 is 1. The molecule has 252 valence electrons. The quantitative estimate of drug-likeness (QED) is 0.251. The molecule has 2 atom stereocenters. The SMILES string of the molecule is COC(=O)C(C)C(c1cccc(N2Cc3c(cc(CN(C(=O)OC(C)(C)C)C4(C)CCC4)cc3C(F)(F)F)C2=O)c1)c1nncn1C. The van der Waals surface area contributed by atoms with E-state index in [2.05, 4.69) is 10.2 Å². The lowest BCUT2D eigenvalue weighted by molar-refractivity contribution is -0.145. The number of fused-ring (bicyclic) bond motifs is 1. The first-order valence-electron chi connectivity index (χ1n) is 15.5. The summed E-state index contributed by atoms with van der Waals surface area (Å²) in [5.41, 5.74) is -1.34. The van der Waals surface area contributed by atoms with E-state index in [0.29, 0.717) is 29.9 Å². The Morgan fingerprint density at radius 1 is 1.13 bits per heavy atom. The number of rotatable bonds is 8. The van der Waals surface area contributed by atoms with Gasteiger partial charge in [0, 0.05) is 30.4 Å². The molecule has 5 rings (SSSR count). The van der Waals surface area contributed by atoms with Gasteiger partial charge in [0.2, 0.25) is 0 Å². The molecule has 0 bridgehead atoms. The Labute approximate surface area is 271 Å². The normalized spacial score (nSPS) is 17.1. The Morgan fingerprint density at radius 2 is 1.83 bits per heavy atom. The minimum absolute atomic E-state index is 0.0732. The second-order valence-electron chi connectivity index (χ2n) is 13.7. The fourth-order valence-electron chi connectivity index (χ4n) is 6.40. The second-order valence-corrected chi connectivity index (χ2v) is 13.7. The van der Waals surface area contributed by atoms with E-state index in [0.717, 1.165) is 12.5 Å². The van der Waals surface area contributed by atoms with E-state index in [1.165, 1.54) is 29.3 Å². The zero-order valence-electron chi connectivity index (χ0n) is 27.6. The van der Waals surface area contributed by atoms with Gasteiger partial charge in [-0.15, -0.1) is 10.2 Å². The Hall–Kier alpha value is -4.42. The van der Waals surface area contributed by atoms with Crippen molar-refractivity contribution in [3.63, 3.8) is 0 Å². The van der Waals surface area contributed by atoms with E-state index in [9.17, 15) is 27.6 Å². The summed E-state index contributed by atoms with van der Waals surface area (Å²) in [5, 5.41) is 8.14. The Kier molecular flexibility index (Phi) is 8.89. The van der Waals surface area contributed by atoms with Crippen molar-refractivity contribution >= 4 is 23.7 Å². The zero-order chi connectivity index (χ0) is 34.5. The fourth-order valence-corrected chi connectivity index (χ4v) is 6.40. The van der Waals surface area contributed by atoms with Crippen LogP contribution in [0.5, 0.6) is 0 Å². The average molecular weight is 656 g/mol. The molecule has 2 aliphatic rings. The molecular formula is C34H40F3N5O5. The van der Waals surface area contributed by atoms with E-state index in [1.807, 2.05) is 6.92 Å². The van der Waals surface area contributed by atoms with Crippen molar-refractivity contribution in [3.8, 4) is 0 Å². The van der Waals surface area contributed by atoms with Crippen LogP contribution in [0.1, 0.15) is 98.2 Å². The first kappa shape index (κ1) is 33.9. The van der Waals surface area contributed by atoms with E-state index in [1.54, 1.807) is 63.6 Å². The molecule has 13 heteroatoms.